The third kappa shape index (κ3) is 11.8. The lowest BCUT2D eigenvalue weighted by Crippen LogP contribution is -2.46. The monoisotopic (exact) mass is 846 g/mol. The minimum atomic E-state index is -0.684. The molecule has 5 aromatic rings. The number of halogens is 1. The van der Waals surface area contributed by atoms with Gasteiger partial charge in [0.2, 0.25) is 0 Å². The Morgan fingerprint density at radius 2 is 1.59 bits per heavy atom. The average molecular weight is 847 g/mol. The van der Waals surface area contributed by atoms with Gasteiger partial charge >= 0.3 is 6.09 Å². The standard InChI is InChI=1S/C47H51ClN6O7/c1-47(2,3)61-46(56)51-36-8-6-9-39(27-36)60-44-29-38(53-23-21-52(22-24-53)31-34-7-4-5-10-40(34)33-11-13-35(48)14-12-33)16-17-41(44)45(55)50-37-15-18-42(43(28-37)54(57)58)49-30-32-19-25-59-26-20-32/h4-18,27-29,32,49H,19-26,30-31H2,1-3H3,(H,50,55)(H,51,56). The van der Waals surface area contributed by atoms with Crippen molar-refractivity contribution >= 4 is 52.0 Å². The normalized spacial score (nSPS) is 14.9. The number of piperazine rings is 1. The molecule has 0 radical (unpaired) electrons. The summed E-state index contributed by atoms with van der Waals surface area (Å²) in [7, 11) is 0. The summed E-state index contributed by atoms with van der Waals surface area (Å²) in [4.78, 5) is 43.0. The third-order valence-corrected chi connectivity index (χ3v) is 10.8. The molecule has 3 N–H and O–H groups in total. The summed E-state index contributed by atoms with van der Waals surface area (Å²) in [5, 5.41) is 21.7. The first kappa shape index (κ1) is 43.0. The molecule has 2 aliphatic rings. The van der Waals surface area contributed by atoms with Gasteiger partial charge in [-0.15, -0.1) is 0 Å². The van der Waals surface area contributed by atoms with Gasteiger partial charge in [0.15, 0.2) is 0 Å². The Bertz CT molecular complexity index is 2340. The third-order valence-electron chi connectivity index (χ3n) is 10.6. The van der Waals surface area contributed by atoms with Crippen molar-refractivity contribution in [2.24, 2.45) is 5.92 Å². The van der Waals surface area contributed by atoms with Gasteiger partial charge in [0.1, 0.15) is 22.8 Å². The summed E-state index contributed by atoms with van der Waals surface area (Å²) in [5.41, 5.74) is 4.89. The summed E-state index contributed by atoms with van der Waals surface area (Å²) in [6.45, 7) is 11.2. The predicted molar refractivity (Wildman–Crippen MR) is 240 cm³/mol. The molecule has 0 aromatic heterocycles. The van der Waals surface area contributed by atoms with E-state index in [4.69, 9.17) is 25.8 Å². The number of benzene rings is 5. The molecule has 0 atom stereocenters. The number of ether oxygens (including phenoxy) is 3. The molecule has 0 unspecified atom stereocenters. The molecule has 0 aliphatic carbocycles. The first-order valence-electron chi connectivity index (χ1n) is 20.5. The van der Waals surface area contributed by atoms with Crippen molar-refractivity contribution in [2.45, 2.75) is 45.8 Å². The molecule has 318 valence electrons. The number of rotatable bonds is 13. The number of nitrogens with zero attached hydrogens (tertiary/aromatic N) is 3. The van der Waals surface area contributed by atoms with E-state index in [1.165, 1.54) is 17.2 Å². The van der Waals surface area contributed by atoms with Crippen LogP contribution in [0.3, 0.4) is 0 Å². The molecule has 0 spiro atoms. The van der Waals surface area contributed by atoms with Gasteiger partial charge < -0.3 is 29.7 Å². The molecule has 2 fully saturated rings. The van der Waals surface area contributed by atoms with Crippen molar-refractivity contribution in [1.29, 1.82) is 0 Å². The molecule has 61 heavy (non-hydrogen) atoms. The van der Waals surface area contributed by atoms with Gasteiger partial charge in [0.25, 0.3) is 11.6 Å². The van der Waals surface area contributed by atoms with Gasteiger partial charge in [-0.05, 0) is 105 Å². The van der Waals surface area contributed by atoms with Gasteiger partial charge in [0, 0.05) is 92.8 Å². The van der Waals surface area contributed by atoms with Crippen LogP contribution < -0.4 is 25.6 Å². The van der Waals surface area contributed by atoms with Crippen LogP contribution in [0.15, 0.2) is 109 Å². The van der Waals surface area contributed by atoms with Crippen LogP contribution in [0.4, 0.5) is 33.2 Å². The van der Waals surface area contributed by atoms with Crippen molar-refractivity contribution in [1.82, 2.24) is 4.90 Å². The van der Waals surface area contributed by atoms with E-state index in [1.54, 1.807) is 63.2 Å². The minimum Gasteiger partial charge on any atom is -0.456 e. The molecule has 0 saturated carbocycles. The molecular formula is C47H51ClN6O7. The quantitative estimate of drug-likeness (QED) is 0.0773. The maximum Gasteiger partial charge on any atom is 0.412 e. The number of amides is 2. The Morgan fingerprint density at radius 1 is 0.852 bits per heavy atom. The van der Waals surface area contributed by atoms with Crippen molar-refractivity contribution < 1.29 is 28.7 Å². The molecule has 0 bridgehead atoms. The molecule has 7 rings (SSSR count). The van der Waals surface area contributed by atoms with E-state index >= 15 is 0 Å². The molecular weight excluding hydrogens is 796 g/mol. The molecule has 2 amide bonds. The Balaban J connectivity index is 1.09. The zero-order chi connectivity index (χ0) is 42.9. The van der Waals surface area contributed by atoms with E-state index in [-0.39, 0.29) is 22.7 Å². The molecule has 2 heterocycles. The van der Waals surface area contributed by atoms with Crippen LogP contribution in [0, 0.1) is 16.0 Å². The van der Waals surface area contributed by atoms with Crippen molar-refractivity contribution in [3.8, 4) is 22.6 Å². The Morgan fingerprint density at radius 3 is 2.33 bits per heavy atom. The van der Waals surface area contributed by atoms with Crippen LogP contribution in [-0.4, -0.2) is 73.4 Å². The summed E-state index contributed by atoms with van der Waals surface area (Å²) in [5.74, 6) is 0.494. The predicted octanol–water partition coefficient (Wildman–Crippen LogP) is 10.5. The van der Waals surface area contributed by atoms with Crippen LogP contribution in [0.1, 0.15) is 49.5 Å². The number of nitrogens with one attached hydrogen (secondary N) is 3. The van der Waals surface area contributed by atoms with Crippen LogP contribution >= 0.6 is 11.6 Å². The summed E-state index contributed by atoms with van der Waals surface area (Å²) in [6, 6.07) is 33.2. The molecule has 5 aromatic carbocycles. The summed E-state index contributed by atoms with van der Waals surface area (Å²) in [6.07, 6.45) is 1.16. The highest BCUT2D eigenvalue weighted by molar-refractivity contribution is 6.30. The number of hydrogen-bond donors (Lipinski definition) is 3. The number of hydrogen-bond acceptors (Lipinski definition) is 10. The maximum absolute atomic E-state index is 14.0. The van der Waals surface area contributed by atoms with Crippen molar-refractivity contribution in [3.05, 3.63) is 135 Å². The van der Waals surface area contributed by atoms with Crippen LogP contribution in [0.2, 0.25) is 5.02 Å². The van der Waals surface area contributed by atoms with Gasteiger partial charge in [-0.2, -0.15) is 0 Å². The average Bonchev–Trinajstić information content (AvgIpc) is 3.24. The second kappa shape index (κ2) is 19.5. The highest BCUT2D eigenvalue weighted by Gasteiger charge is 2.24. The van der Waals surface area contributed by atoms with Gasteiger partial charge in [-0.25, -0.2) is 4.79 Å². The molecule has 14 heteroatoms. The van der Waals surface area contributed by atoms with E-state index in [9.17, 15) is 19.7 Å². The fourth-order valence-electron chi connectivity index (χ4n) is 7.45. The van der Waals surface area contributed by atoms with E-state index in [0.717, 1.165) is 56.8 Å². The first-order valence-corrected chi connectivity index (χ1v) is 20.9. The summed E-state index contributed by atoms with van der Waals surface area (Å²) < 4.78 is 17.3. The van der Waals surface area contributed by atoms with E-state index in [0.29, 0.717) is 47.8 Å². The second-order valence-corrected chi connectivity index (χ2v) is 16.7. The Kier molecular flexibility index (Phi) is 13.7. The topological polar surface area (TPSA) is 148 Å². The largest absolute Gasteiger partial charge is 0.456 e. The van der Waals surface area contributed by atoms with Gasteiger partial charge in [0.05, 0.1) is 10.5 Å². The van der Waals surface area contributed by atoms with E-state index in [2.05, 4.69) is 50.0 Å². The zero-order valence-electron chi connectivity index (χ0n) is 34.6. The number of nitro groups is 1. The number of carbonyl (C=O) groups excluding carboxylic acids is 2. The molecule has 2 aliphatic heterocycles. The Hall–Kier alpha value is -6.15. The van der Waals surface area contributed by atoms with Crippen molar-refractivity contribution in [2.75, 3.05) is 66.8 Å². The van der Waals surface area contributed by atoms with E-state index < -0.39 is 22.5 Å². The highest BCUT2D eigenvalue weighted by Crippen LogP contribution is 2.35. The van der Waals surface area contributed by atoms with Crippen LogP contribution in [0.25, 0.3) is 11.1 Å². The van der Waals surface area contributed by atoms with Crippen molar-refractivity contribution in [3.63, 3.8) is 0 Å². The summed E-state index contributed by atoms with van der Waals surface area (Å²) >= 11 is 6.17. The lowest BCUT2D eigenvalue weighted by molar-refractivity contribution is -0.383. The number of anilines is 4. The molecule has 2 saturated heterocycles. The zero-order valence-corrected chi connectivity index (χ0v) is 35.4. The van der Waals surface area contributed by atoms with Gasteiger partial charge in [-0.3, -0.25) is 25.1 Å². The van der Waals surface area contributed by atoms with Gasteiger partial charge in [-0.1, -0.05) is 54.1 Å². The minimum absolute atomic E-state index is 0.140. The molecule has 13 nitrogen and oxygen atoms in total. The number of carbonyl (C=O) groups is 2. The lowest BCUT2D eigenvalue weighted by Gasteiger charge is -2.36. The smallest absolute Gasteiger partial charge is 0.412 e. The van der Waals surface area contributed by atoms with Crippen LogP contribution in [-0.2, 0) is 16.0 Å². The SMILES string of the molecule is CC(C)(C)OC(=O)Nc1cccc(Oc2cc(N3CCN(Cc4ccccc4-c4ccc(Cl)cc4)CC3)ccc2C(=O)Nc2ccc(NCC3CCOCC3)c([N+](=O)[O-])c2)c1. The fourth-order valence-corrected chi connectivity index (χ4v) is 7.58. The van der Waals surface area contributed by atoms with E-state index in [1.807, 2.05) is 36.4 Å². The fraction of sp³-hybridized carbons (Fsp3) is 0.319. The Labute approximate surface area is 361 Å². The lowest BCUT2D eigenvalue weighted by atomic mass is 9.99. The highest BCUT2D eigenvalue weighted by atomic mass is 35.5. The van der Waals surface area contributed by atoms with Crippen LogP contribution in [0.5, 0.6) is 11.5 Å². The first-order chi connectivity index (χ1) is 29.4. The second-order valence-electron chi connectivity index (χ2n) is 16.2. The maximum atomic E-state index is 14.0. The number of nitro benzene ring substituents is 1.